The highest BCUT2D eigenvalue weighted by molar-refractivity contribution is 7.89. The summed E-state index contributed by atoms with van der Waals surface area (Å²) in [7, 11) is -4.05. The number of pyridine rings is 1. The van der Waals surface area contributed by atoms with Crippen molar-refractivity contribution in [3.05, 3.63) is 59.9 Å². The van der Waals surface area contributed by atoms with Crippen LogP contribution in [0.15, 0.2) is 53.7 Å². The number of fused-ring (bicyclic) bond motifs is 1. The van der Waals surface area contributed by atoms with Crippen molar-refractivity contribution < 1.29 is 21.6 Å². The number of alkyl halides is 3. The number of halogens is 3. The molecule has 0 spiro atoms. The first kappa shape index (κ1) is 21.3. The molecular weight excluding hydrogens is 403 g/mol. The Morgan fingerprint density at radius 1 is 1.17 bits per heavy atom. The van der Waals surface area contributed by atoms with Gasteiger partial charge in [-0.3, -0.25) is 0 Å². The molecule has 0 aliphatic heterocycles. The zero-order valence-electron chi connectivity index (χ0n) is 16.1. The minimum atomic E-state index is -4.60. The van der Waals surface area contributed by atoms with Crippen LogP contribution in [0.25, 0.3) is 11.0 Å². The molecule has 2 aromatic heterocycles. The molecule has 0 amide bonds. The Morgan fingerprint density at radius 3 is 2.62 bits per heavy atom. The summed E-state index contributed by atoms with van der Waals surface area (Å²) in [5.41, 5.74) is 0.764. The molecule has 1 N–H and O–H groups in total. The quantitative estimate of drug-likeness (QED) is 0.616. The maximum atomic E-state index is 12.8. The summed E-state index contributed by atoms with van der Waals surface area (Å²) in [6, 6.07) is 7.46. The summed E-state index contributed by atoms with van der Waals surface area (Å²) < 4.78 is 67.8. The molecule has 0 radical (unpaired) electrons. The number of nitrogens with one attached hydrogen (secondary N) is 1. The molecule has 0 unspecified atom stereocenters. The van der Waals surface area contributed by atoms with E-state index in [-0.39, 0.29) is 6.54 Å². The first-order valence-electron chi connectivity index (χ1n) is 9.17. The van der Waals surface area contributed by atoms with Gasteiger partial charge in [0.1, 0.15) is 5.65 Å². The molecule has 0 saturated carbocycles. The van der Waals surface area contributed by atoms with Crippen molar-refractivity contribution >= 4 is 21.1 Å². The SMILES string of the molecule is CC(C)Cn1cc(CCNS(=O)(=O)c2cccc(C(F)(F)F)c2)c2cccnc21. The molecule has 156 valence electrons. The van der Waals surface area contributed by atoms with Crippen LogP contribution in [0.1, 0.15) is 25.0 Å². The van der Waals surface area contributed by atoms with Crippen LogP contribution in [-0.4, -0.2) is 24.5 Å². The third-order valence-corrected chi connectivity index (χ3v) is 5.89. The van der Waals surface area contributed by atoms with Crippen molar-refractivity contribution in [3.63, 3.8) is 0 Å². The molecule has 0 aliphatic carbocycles. The van der Waals surface area contributed by atoms with E-state index in [2.05, 4.69) is 23.6 Å². The lowest BCUT2D eigenvalue weighted by Crippen LogP contribution is -2.26. The number of hydrogen-bond donors (Lipinski definition) is 1. The van der Waals surface area contributed by atoms with Gasteiger partial charge in [-0.05, 0) is 48.2 Å². The molecule has 29 heavy (non-hydrogen) atoms. The molecule has 0 aliphatic rings. The standard InChI is InChI=1S/C20H22F3N3O2S/c1-14(2)12-26-13-15(18-7-4-9-24-19(18)26)8-10-25-29(27,28)17-6-3-5-16(11-17)20(21,22)23/h3-7,9,11,13-14,25H,8,10,12H2,1-2H3. The Morgan fingerprint density at radius 2 is 1.93 bits per heavy atom. The number of benzene rings is 1. The highest BCUT2D eigenvalue weighted by atomic mass is 32.2. The molecule has 3 aromatic rings. The first-order valence-corrected chi connectivity index (χ1v) is 10.7. The van der Waals surface area contributed by atoms with Gasteiger partial charge < -0.3 is 4.57 Å². The van der Waals surface area contributed by atoms with E-state index in [9.17, 15) is 21.6 Å². The number of rotatable bonds is 7. The summed E-state index contributed by atoms with van der Waals surface area (Å²) in [6.45, 7) is 5.03. The highest BCUT2D eigenvalue weighted by Crippen LogP contribution is 2.30. The topological polar surface area (TPSA) is 64.0 Å². The Kier molecular flexibility index (Phi) is 6.00. The van der Waals surface area contributed by atoms with Crippen LogP contribution in [0.4, 0.5) is 13.2 Å². The molecule has 2 heterocycles. The van der Waals surface area contributed by atoms with Gasteiger partial charge in [-0.1, -0.05) is 19.9 Å². The van der Waals surface area contributed by atoms with Gasteiger partial charge in [0.25, 0.3) is 0 Å². The lowest BCUT2D eigenvalue weighted by Gasteiger charge is -2.10. The van der Waals surface area contributed by atoms with Crippen LogP contribution in [0.2, 0.25) is 0 Å². The molecule has 5 nitrogen and oxygen atoms in total. The minimum Gasteiger partial charge on any atom is -0.332 e. The van der Waals surface area contributed by atoms with Crippen LogP contribution in [0, 0.1) is 5.92 Å². The van der Waals surface area contributed by atoms with Crippen LogP contribution in [0.3, 0.4) is 0 Å². The molecule has 1 aromatic carbocycles. The van der Waals surface area contributed by atoms with Gasteiger partial charge in [0.05, 0.1) is 10.5 Å². The van der Waals surface area contributed by atoms with Crippen molar-refractivity contribution in [1.82, 2.24) is 14.3 Å². The van der Waals surface area contributed by atoms with E-state index in [0.29, 0.717) is 18.4 Å². The zero-order chi connectivity index (χ0) is 21.2. The van der Waals surface area contributed by atoms with Crippen molar-refractivity contribution in [2.75, 3.05) is 6.54 Å². The van der Waals surface area contributed by atoms with Gasteiger partial charge in [-0.25, -0.2) is 18.1 Å². The lowest BCUT2D eigenvalue weighted by atomic mass is 10.2. The van der Waals surface area contributed by atoms with Crippen LogP contribution in [-0.2, 0) is 29.2 Å². The fourth-order valence-electron chi connectivity index (χ4n) is 3.17. The largest absolute Gasteiger partial charge is 0.416 e. The van der Waals surface area contributed by atoms with E-state index in [1.165, 1.54) is 0 Å². The van der Waals surface area contributed by atoms with E-state index < -0.39 is 26.7 Å². The molecule has 0 atom stereocenters. The van der Waals surface area contributed by atoms with Gasteiger partial charge >= 0.3 is 6.18 Å². The van der Waals surface area contributed by atoms with Crippen LogP contribution >= 0.6 is 0 Å². The van der Waals surface area contributed by atoms with Crippen LogP contribution < -0.4 is 4.72 Å². The normalized spacial score (nSPS) is 12.8. The van der Waals surface area contributed by atoms with E-state index >= 15 is 0 Å². The second-order valence-corrected chi connectivity index (χ2v) is 9.02. The summed E-state index contributed by atoms with van der Waals surface area (Å²) in [6.07, 6.45) is -0.544. The van der Waals surface area contributed by atoms with Crippen molar-refractivity contribution in [2.24, 2.45) is 5.92 Å². The Bertz CT molecular complexity index is 1110. The fourth-order valence-corrected chi connectivity index (χ4v) is 4.25. The van der Waals surface area contributed by atoms with Gasteiger partial charge in [0.15, 0.2) is 0 Å². The zero-order valence-corrected chi connectivity index (χ0v) is 16.9. The average Bonchev–Trinajstić information content (AvgIpc) is 2.98. The number of sulfonamides is 1. The van der Waals surface area contributed by atoms with E-state index in [1.807, 2.05) is 22.9 Å². The number of nitrogens with zero attached hydrogens (tertiary/aromatic N) is 2. The second-order valence-electron chi connectivity index (χ2n) is 7.25. The van der Waals surface area contributed by atoms with E-state index in [4.69, 9.17) is 0 Å². The molecule has 9 heteroatoms. The van der Waals surface area contributed by atoms with E-state index in [1.54, 1.807) is 6.20 Å². The molecule has 0 saturated heterocycles. The Balaban J connectivity index is 1.76. The van der Waals surface area contributed by atoms with Crippen molar-refractivity contribution in [2.45, 2.75) is 37.9 Å². The molecule has 3 rings (SSSR count). The first-order chi connectivity index (χ1) is 13.6. The Labute approximate surface area is 167 Å². The maximum absolute atomic E-state index is 12.8. The monoisotopic (exact) mass is 425 g/mol. The average molecular weight is 425 g/mol. The summed E-state index contributed by atoms with van der Waals surface area (Å²) >= 11 is 0. The Hall–Kier alpha value is -2.39. The summed E-state index contributed by atoms with van der Waals surface area (Å²) in [5, 5.41) is 0.936. The highest BCUT2D eigenvalue weighted by Gasteiger charge is 2.31. The van der Waals surface area contributed by atoms with Gasteiger partial charge in [-0.2, -0.15) is 13.2 Å². The molecule has 0 fully saturated rings. The van der Waals surface area contributed by atoms with Crippen molar-refractivity contribution in [1.29, 1.82) is 0 Å². The number of aromatic nitrogens is 2. The summed E-state index contributed by atoms with van der Waals surface area (Å²) in [4.78, 5) is 4.00. The minimum absolute atomic E-state index is 0.0638. The predicted octanol–water partition coefficient (Wildman–Crippen LogP) is 4.23. The van der Waals surface area contributed by atoms with Gasteiger partial charge in [0.2, 0.25) is 10.0 Å². The second kappa shape index (κ2) is 8.16. The number of hydrogen-bond acceptors (Lipinski definition) is 3. The van der Waals surface area contributed by atoms with Crippen LogP contribution in [0.5, 0.6) is 0 Å². The third-order valence-electron chi connectivity index (χ3n) is 4.44. The molecule has 0 bridgehead atoms. The third kappa shape index (κ3) is 4.97. The van der Waals surface area contributed by atoms with Crippen molar-refractivity contribution in [3.8, 4) is 0 Å². The maximum Gasteiger partial charge on any atom is 0.416 e. The van der Waals surface area contributed by atoms with Gasteiger partial charge in [-0.15, -0.1) is 0 Å². The predicted molar refractivity (Wildman–Crippen MR) is 105 cm³/mol. The fraction of sp³-hybridized carbons (Fsp3) is 0.350. The van der Waals surface area contributed by atoms with E-state index in [0.717, 1.165) is 41.3 Å². The van der Waals surface area contributed by atoms with Gasteiger partial charge in [0, 0.05) is 30.9 Å². The smallest absolute Gasteiger partial charge is 0.332 e. The lowest BCUT2D eigenvalue weighted by molar-refractivity contribution is -0.137. The summed E-state index contributed by atoms with van der Waals surface area (Å²) in [5.74, 6) is 0.417. The molecular formula is C20H22F3N3O2S.